The molecule has 0 aromatic heterocycles. The molecule has 1 N–H and O–H groups in total. The summed E-state index contributed by atoms with van der Waals surface area (Å²) < 4.78 is 6.00. The molecule has 1 aliphatic rings. The summed E-state index contributed by atoms with van der Waals surface area (Å²) in [6.45, 7) is 7.50. The lowest BCUT2D eigenvalue weighted by Crippen LogP contribution is -2.35. The summed E-state index contributed by atoms with van der Waals surface area (Å²) in [5, 5.41) is 3.61. The van der Waals surface area contributed by atoms with E-state index in [4.69, 9.17) is 4.74 Å². The molecule has 0 spiro atoms. The van der Waals surface area contributed by atoms with Gasteiger partial charge < -0.3 is 10.1 Å². The molecule has 1 heterocycles. The predicted molar refractivity (Wildman–Crippen MR) is 79.8 cm³/mol. The summed E-state index contributed by atoms with van der Waals surface area (Å²) in [5.41, 5.74) is 1.36. The van der Waals surface area contributed by atoms with Gasteiger partial charge in [-0.3, -0.25) is 0 Å². The van der Waals surface area contributed by atoms with Crippen molar-refractivity contribution in [1.82, 2.24) is 5.32 Å². The summed E-state index contributed by atoms with van der Waals surface area (Å²) in [4.78, 5) is 0. The molecular weight excluding hydrogens is 242 g/mol. The van der Waals surface area contributed by atoms with Gasteiger partial charge in [0, 0.05) is 23.8 Å². The Morgan fingerprint density at radius 1 is 1.39 bits per heavy atom. The van der Waals surface area contributed by atoms with E-state index in [1.165, 1.54) is 5.56 Å². The first-order valence-electron chi connectivity index (χ1n) is 6.60. The molecule has 18 heavy (non-hydrogen) atoms. The van der Waals surface area contributed by atoms with Crippen LogP contribution in [0, 0.1) is 0 Å². The number of para-hydroxylation sites is 1. The van der Waals surface area contributed by atoms with Gasteiger partial charge in [-0.25, -0.2) is 0 Å². The van der Waals surface area contributed by atoms with E-state index in [2.05, 4.69) is 43.6 Å². The summed E-state index contributed by atoms with van der Waals surface area (Å²) in [7, 11) is 0. The number of nitrogens with one attached hydrogen (secondary N) is 1. The second-order valence-corrected chi connectivity index (χ2v) is 6.98. The first-order chi connectivity index (χ1) is 8.62. The SMILES string of the molecule is CSC(C)(C)CNCC1CCOc2ccccc21. The van der Waals surface area contributed by atoms with E-state index in [0.29, 0.717) is 10.7 Å². The maximum Gasteiger partial charge on any atom is 0.122 e. The Morgan fingerprint density at radius 2 is 2.17 bits per heavy atom. The first kappa shape index (κ1) is 13.8. The normalized spacial score (nSPS) is 19.2. The average Bonchev–Trinajstić information content (AvgIpc) is 2.39. The number of benzene rings is 1. The van der Waals surface area contributed by atoms with Gasteiger partial charge in [0.1, 0.15) is 5.75 Å². The van der Waals surface area contributed by atoms with Gasteiger partial charge in [0.2, 0.25) is 0 Å². The Morgan fingerprint density at radius 3 is 2.94 bits per heavy atom. The Kier molecular flexibility index (Phi) is 4.57. The molecule has 3 heteroatoms. The van der Waals surface area contributed by atoms with E-state index in [9.17, 15) is 0 Å². The minimum absolute atomic E-state index is 0.310. The van der Waals surface area contributed by atoms with Crippen molar-refractivity contribution >= 4 is 11.8 Å². The molecule has 100 valence electrons. The molecule has 2 rings (SSSR count). The standard InChI is InChI=1S/C15H23NOS/c1-15(2,18-3)11-16-10-12-8-9-17-14-7-5-4-6-13(12)14/h4-7,12,16H,8-11H2,1-3H3. The van der Waals surface area contributed by atoms with Crippen LogP contribution in [-0.2, 0) is 0 Å². The van der Waals surface area contributed by atoms with Crippen molar-refractivity contribution in [2.24, 2.45) is 0 Å². The molecule has 1 aliphatic heterocycles. The van der Waals surface area contributed by atoms with Crippen LogP contribution in [0.2, 0.25) is 0 Å². The number of thioether (sulfide) groups is 1. The van der Waals surface area contributed by atoms with Crippen LogP contribution in [0.15, 0.2) is 24.3 Å². The zero-order chi connectivity index (χ0) is 13.0. The fourth-order valence-electron chi connectivity index (χ4n) is 2.25. The number of fused-ring (bicyclic) bond motifs is 1. The molecule has 0 radical (unpaired) electrons. The lowest BCUT2D eigenvalue weighted by Gasteiger charge is -2.28. The molecule has 2 nitrogen and oxygen atoms in total. The Hall–Kier alpha value is -0.670. The van der Waals surface area contributed by atoms with E-state index in [0.717, 1.165) is 31.9 Å². The van der Waals surface area contributed by atoms with Crippen molar-refractivity contribution in [3.05, 3.63) is 29.8 Å². The van der Waals surface area contributed by atoms with Crippen LogP contribution in [0.5, 0.6) is 5.75 Å². The topological polar surface area (TPSA) is 21.3 Å². The molecule has 0 amide bonds. The summed E-state index contributed by atoms with van der Waals surface area (Å²) >= 11 is 1.91. The van der Waals surface area contributed by atoms with Crippen LogP contribution in [0.4, 0.5) is 0 Å². The zero-order valence-electron chi connectivity index (χ0n) is 11.5. The molecule has 1 atom stereocenters. The van der Waals surface area contributed by atoms with Crippen molar-refractivity contribution in [2.45, 2.75) is 30.9 Å². The molecular formula is C15H23NOS. The summed E-state index contributed by atoms with van der Waals surface area (Å²) in [6.07, 6.45) is 3.29. The van der Waals surface area contributed by atoms with Gasteiger partial charge in [-0.2, -0.15) is 11.8 Å². The van der Waals surface area contributed by atoms with Crippen LogP contribution in [-0.4, -0.2) is 30.7 Å². The van der Waals surface area contributed by atoms with Gasteiger partial charge in [0.15, 0.2) is 0 Å². The van der Waals surface area contributed by atoms with E-state index in [1.807, 2.05) is 17.8 Å². The number of hydrogen-bond acceptors (Lipinski definition) is 3. The predicted octanol–water partition coefficient (Wildman–Crippen LogP) is 3.28. The molecule has 0 saturated heterocycles. The van der Waals surface area contributed by atoms with Crippen molar-refractivity contribution in [2.75, 3.05) is 26.0 Å². The van der Waals surface area contributed by atoms with Crippen LogP contribution in [0.1, 0.15) is 31.7 Å². The maximum atomic E-state index is 5.69. The lowest BCUT2D eigenvalue weighted by molar-refractivity contribution is 0.264. The lowest BCUT2D eigenvalue weighted by atomic mass is 9.93. The van der Waals surface area contributed by atoms with E-state index < -0.39 is 0 Å². The van der Waals surface area contributed by atoms with Crippen LogP contribution in [0.25, 0.3) is 0 Å². The highest BCUT2D eigenvalue weighted by Gasteiger charge is 2.22. The molecule has 0 saturated carbocycles. The van der Waals surface area contributed by atoms with E-state index >= 15 is 0 Å². The smallest absolute Gasteiger partial charge is 0.122 e. The monoisotopic (exact) mass is 265 g/mol. The highest BCUT2D eigenvalue weighted by atomic mass is 32.2. The third kappa shape index (κ3) is 3.42. The van der Waals surface area contributed by atoms with Gasteiger partial charge >= 0.3 is 0 Å². The number of rotatable bonds is 5. The van der Waals surface area contributed by atoms with Crippen LogP contribution in [0.3, 0.4) is 0 Å². The molecule has 1 aromatic rings. The van der Waals surface area contributed by atoms with E-state index in [1.54, 1.807) is 0 Å². The van der Waals surface area contributed by atoms with Crippen molar-refractivity contribution in [1.29, 1.82) is 0 Å². The van der Waals surface area contributed by atoms with Gasteiger partial charge in [-0.05, 0) is 38.2 Å². The Balaban J connectivity index is 1.92. The molecule has 1 unspecified atom stereocenters. The van der Waals surface area contributed by atoms with Crippen molar-refractivity contribution in [3.8, 4) is 5.75 Å². The third-order valence-electron chi connectivity index (χ3n) is 3.58. The minimum Gasteiger partial charge on any atom is -0.493 e. The average molecular weight is 265 g/mol. The van der Waals surface area contributed by atoms with Crippen molar-refractivity contribution in [3.63, 3.8) is 0 Å². The van der Waals surface area contributed by atoms with Crippen LogP contribution >= 0.6 is 11.8 Å². The number of hydrogen-bond donors (Lipinski definition) is 1. The third-order valence-corrected chi connectivity index (χ3v) is 4.83. The van der Waals surface area contributed by atoms with Crippen molar-refractivity contribution < 1.29 is 4.74 Å². The van der Waals surface area contributed by atoms with Gasteiger partial charge in [-0.1, -0.05) is 18.2 Å². The van der Waals surface area contributed by atoms with Gasteiger partial charge in [0.05, 0.1) is 6.61 Å². The zero-order valence-corrected chi connectivity index (χ0v) is 12.3. The largest absolute Gasteiger partial charge is 0.493 e. The van der Waals surface area contributed by atoms with Crippen LogP contribution < -0.4 is 10.1 Å². The first-order valence-corrected chi connectivity index (χ1v) is 7.82. The quantitative estimate of drug-likeness (QED) is 0.883. The Bertz CT molecular complexity index is 392. The second kappa shape index (κ2) is 5.98. The highest BCUT2D eigenvalue weighted by Crippen LogP contribution is 2.32. The van der Waals surface area contributed by atoms with E-state index in [-0.39, 0.29) is 0 Å². The van der Waals surface area contributed by atoms with Gasteiger partial charge in [-0.15, -0.1) is 0 Å². The van der Waals surface area contributed by atoms with Gasteiger partial charge in [0.25, 0.3) is 0 Å². The maximum absolute atomic E-state index is 5.69. The summed E-state index contributed by atoms with van der Waals surface area (Å²) in [5.74, 6) is 1.66. The fraction of sp³-hybridized carbons (Fsp3) is 0.600. The minimum atomic E-state index is 0.310. The fourth-order valence-corrected chi connectivity index (χ4v) is 2.49. The number of ether oxygens (including phenoxy) is 1. The molecule has 0 bridgehead atoms. The molecule has 0 aliphatic carbocycles. The Labute approximate surface area is 114 Å². The summed E-state index contributed by atoms with van der Waals surface area (Å²) in [6, 6.07) is 8.42. The molecule has 0 fully saturated rings. The molecule has 1 aromatic carbocycles. The second-order valence-electron chi connectivity index (χ2n) is 5.47. The highest BCUT2D eigenvalue weighted by molar-refractivity contribution is 7.99.